The topological polar surface area (TPSA) is 12.0 Å². The van der Waals surface area contributed by atoms with Crippen LogP contribution in [0.25, 0.3) is 0 Å². The van der Waals surface area contributed by atoms with Crippen LogP contribution in [0, 0.1) is 27.7 Å². The molecule has 1 heteroatoms. The van der Waals surface area contributed by atoms with Crippen LogP contribution in [-0.4, -0.2) is 0 Å². The van der Waals surface area contributed by atoms with Crippen LogP contribution < -0.4 is 5.32 Å². The molecule has 0 amide bonds. The van der Waals surface area contributed by atoms with Gasteiger partial charge in [0.2, 0.25) is 0 Å². The lowest BCUT2D eigenvalue weighted by molar-refractivity contribution is 0.491. The first kappa shape index (κ1) is 15.8. The number of hydrogen-bond donors (Lipinski definition) is 1. The minimum Gasteiger partial charge on any atom is -0.304 e. The van der Waals surface area contributed by atoms with Gasteiger partial charge in [0, 0.05) is 12.1 Å². The molecule has 0 heterocycles. The molecule has 1 unspecified atom stereocenters. The van der Waals surface area contributed by atoms with Gasteiger partial charge >= 0.3 is 0 Å². The second kappa shape index (κ2) is 6.44. The smallest absolute Gasteiger partial charge is 0.0300 e. The van der Waals surface area contributed by atoms with E-state index < -0.39 is 0 Å². The van der Waals surface area contributed by atoms with E-state index in [0.717, 1.165) is 0 Å². The Morgan fingerprint density at radius 3 is 1.90 bits per heavy atom. The standard InChI is InChI=1S/C20H27N/c1-13-9-7-8-10-19(13)17(5)21-18(6)20-12-15(3)14(2)11-16(20)4/h7-12,17-18,21H,1-6H3/t17-,18?/m0/s1. The molecule has 1 N–H and O–H groups in total. The van der Waals surface area contributed by atoms with E-state index in [-0.39, 0.29) is 0 Å². The summed E-state index contributed by atoms with van der Waals surface area (Å²) in [6, 6.07) is 13.9. The highest BCUT2D eigenvalue weighted by atomic mass is 14.9. The molecule has 0 aliphatic carbocycles. The Balaban J connectivity index is 2.20. The van der Waals surface area contributed by atoms with E-state index in [2.05, 4.69) is 83.3 Å². The molecular formula is C20H27N. The Labute approximate surface area is 129 Å². The molecule has 0 aliphatic heterocycles. The SMILES string of the molecule is Cc1cc(C)c(C(C)N[C@@H](C)c2ccccc2C)cc1C. The highest BCUT2D eigenvalue weighted by Crippen LogP contribution is 2.25. The summed E-state index contributed by atoms with van der Waals surface area (Å²) in [6.07, 6.45) is 0. The fraction of sp³-hybridized carbons (Fsp3) is 0.400. The van der Waals surface area contributed by atoms with Crippen molar-refractivity contribution in [2.24, 2.45) is 0 Å². The Morgan fingerprint density at radius 1 is 0.667 bits per heavy atom. The van der Waals surface area contributed by atoms with Crippen LogP contribution in [0.5, 0.6) is 0 Å². The molecule has 0 aliphatic rings. The van der Waals surface area contributed by atoms with Crippen molar-refractivity contribution in [3.05, 3.63) is 69.8 Å². The predicted octanol–water partition coefficient (Wildman–Crippen LogP) is 5.33. The van der Waals surface area contributed by atoms with Gasteiger partial charge in [0.25, 0.3) is 0 Å². The second-order valence-electron chi connectivity index (χ2n) is 6.26. The third-order valence-corrected chi connectivity index (χ3v) is 4.50. The van der Waals surface area contributed by atoms with Gasteiger partial charge in [0.05, 0.1) is 0 Å². The Kier molecular flexibility index (Phi) is 4.84. The summed E-state index contributed by atoms with van der Waals surface area (Å²) in [6.45, 7) is 13.3. The number of aryl methyl sites for hydroxylation is 4. The molecule has 0 saturated carbocycles. The van der Waals surface area contributed by atoms with Crippen LogP contribution in [-0.2, 0) is 0 Å². The summed E-state index contributed by atoms with van der Waals surface area (Å²) in [4.78, 5) is 0. The molecule has 2 aromatic carbocycles. The van der Waals surface area contributed by atoms with E-state index in [1.54, 1.807) is 0 Å². The van der Waals surface area contributed by atoms with Gasteiger partial charge in [-0.3, -0.25) is 0 Å². The molecule has 0 aromatic heterocycles. The largest absolute Gasteiger partial charge is 0.304 e. The summed E-state index contributed by atoms with van der Waals surface area (Å²) >= 11 is 0. The molecular weight excluding hydrogens is 254 g/mol. The van der Waals surface area contributed by atoms with E-state index in [1.165, 1.54) is 33.4 Å². The molecule has 0 radical (unpaired) electrons. The molecule has 112 valence electrons. The van der Waals surface area contributed by atoms with Crippen molar-refractivity contribution in [3.63, 3.8) is 0 Å². The van der Waals surface area contributed by atoms with Crippen molar-refractivity contribution in [2.75, 3.05) is 0 Å². The van der Waals surface area contributed by atoms with Gasteiger partial charge in [0.1, 0.15) is 0 Å². The summed E-state index contributed by atoms with van der Waals surface area (Å²) in [5, 5.41) is 3.74. The predicted molar refractivity (Wildman–Crippen MR) is 91.8 cm³/mol. The van der Waals surface area contributed by atoms with E-state index in [4.69, 9.17) is 0 Å². The average Bonchev–Trinajstić information content (AvgIpc) is 2.43. The van der Waals surface area contributed by atoms with Gasteiger partial charge in [-0.05, 0) is 74.9 Å². The quantitative estimate of drug-likeness (QED) is 0.798. The molecule has 0 fully saturated rings. The molecule has 2 rings (SSSR count). The van der Waals surface area contributed by atoms with Crippen molar-refractivity contribution < 1.29 is 0 Å². The summed E-state index contributed by atoms with van der Waals surface area (Å²) < 4.78 is 0. The lowest BCUT2D eigenvalue weighted by Gasteiger charge is -2.24. The minimum atomic E-state index is 0.346. The van der Waals surface area contributed by atoms with Crippen LogP contribution in [0.15, 0.2) is 36.4 Å². The third kappa shape index (κ3) is 3.54. The van der Waals surface area contributed by atoms with Crippen LogP contribution in [0.2, 0.25) is 0 Å². The highest BCUT2D eigenvalue weighted by Gasteiger charge is 2.14. The zero-order valence-corrected chi connectivity index (χ0v) is 14.1. The summed E-state index contributed by atoms with van der Waals surface area (Å²) in [5.41, 5.74) is 8.24. The first-order chi connectivity index (χ1) is 9.90. The zero-order valence-electron chi connectivity index (χ0n) is 14.1. The number of hydrogen-bond acceptors (Lipinski definition) is 1. The van der Waals surface area contributed by atoms with Crippen molar-refractivity contribution >= 4 is 0 Å². The maximum Gasteiger partial charge on any atom is 0.0300 e. The molecule has 0 spiro atoms. The zero-order chi connectivity index (χ0) is 15.6. The van der Waals surface area contributed by atoms with Gasteiger partial charge in [-0.15, -0.1) is 0 Å². The normalized spacial score (nSPS) is 14.0. The molecule has 2 aromatic rings. The van der Waals surface area contributed by atoms with Crippen molar-refractivity contribution in [2.45, 2.75) is 53.6 Å². The molecule has 0 bridgehead atoms. The molecule has 0 saturated heterocycles. The second-order valence-corrected chi connectivity index (χ2v) is 6.26. The Hall–Kier alpha value is -1.60. The van der Waals surface area contributed by atoms with Gasteiger partial charge < -0.3 is 5.32 Å². The van der Waals surface area contributed by atoms with Gasteiger partial charge in [-0.1, -0.05) is 36.4 Å². The first-order valence-electron chi connectivity index (χ1n) is 7.79. The fourth-order valence-corrected chi connectivity index (χ4v) is 3.08. The van der Waals surface area contributed by atoms with Crippen LogP contribution in [0.4, 0.5) is 0 Å². The van der Waals surface area contributed by atoms with E-state index in [9.17, 15) is 0 Å². The first-order valence-corrected chi connectivity index (χ1v) is 7.79. The number of rotatable bonds is 4. The van der Waals surface area contributed by atoms with E-state index in [0.29, 0.717) is 12.1 Å². The van der Waals surface area contributed by atoms with Crippen molar-refractivity contribution in [1.82, 2.24) is 5.32 Å². The Morgan fingerprint density at radius 2 is 1.24 bits per heavy atom. The van der Waals surface area contributed by atoms with Gasteiger partial charge in [0.15, 0.2) is 0 Å². The van der Waals surface area contributed by atoms with E-state index >= 15 is 0 Å². The highest BCUT2D eigenvalue weighted by molar-refractivity contribution is 5.38. The van der Waals surface area contributed by atoms with Crippen molar-refractivity contribution in [3.8, 4) is 0 Å². The minimum absolute atomic E-state index is 0.346. The summed E-state index contributed by atoms with van der Waals surface area (Å²) in [5.74, 6) is 0. The van der Waals surface area contributed by atoms with Crippen molar-refractivity contribution in [1.29, 1.82) is 0 Å². The van der Waals surface area contributed by atoms with Crippen LogP contribution in [0.1, 0.15) is 59.3 Å². The van der Waals surface area contributed by atoms with E-state index in [1.807, 2.05) is 0 Å². The van der Waals surface area contributed by atoms with Crippen LogP contribution >= 0.6 is 0 Å². The lowest BCUT2D eigenvalue weighted by atomic mass is 9.95. The number of benzene rings is 2. The molecule has 21 heavy (non-hydrogen) atoms. The summed E-state index contributed by atoms with van der Waals surface area (Å²) in [7, 11) is 0. The molecule has 1 nitrogen and oxygen atoms in total. The number of nitrogens with one attached hydrogen (secondary N) is 1. The third-order valence-electron chi connectivity index (χ3n) is 4.50. The van der Waals surface area contributed by atoms with Gasteiger partial charge in [-0.2, -0.15) is 0 Å². The molecule has 2 atom stereocenters. The lowest BCUT2D eigenvalue weighted by Crippen LogP contribution is -2.23. The van der Waals surface area contributed by atoms with Gasteiger partial charge in [-0.25, -0.2) is 0 Å². The van der Waals surface area contributed by atoms with Crippen LogP contribution in [0.3, 0.4) is 0 Å². The maximum atomic E-state index is 3.74. The maximum absolute atomic E-state index is 3.74. The average molecular weight is 281 g/mol. The monoisotopic (exact) mass is 281 g/mol. The Bertz CT molecular complexity index is 628. The fourth-order valence-electron chi connectivity index (χ4n) is 3.08.